The maximum absolute atomic E-state index is 11.8. The van der Waals surface area contributed by atoms with Crippen LogP contribution in [0, 0.1) is 0 Å². The molecular formula is C16H26N2O3. The summed E-state index contributed by atoms with van der Waals surface area (Å²) >= 11 is 0. The molecule has 21 heavy (non-hydrogen) atoms. The zero-order valence-corrected chi connectivity index (χ0v) is 13.3. The fourth-order valence-electron chi connectivity index (χ4n) is 1.95. The van der Waals surface area contributed by atoms with Gasteiger partial charge in [-0.15, -0.1) is 0 Å². The number of benzene rings is 1. The fraction of sp³-hybridized carbons (Fsp3) is 0.562. The van der Waals surface area contributed by atoms with Gasteiger partial charge in [-0.25, -0.2) is 0 Å². The summed E-state index contributed by atoms with van der Waals surface area (Å²) in [5, 5.41) is 2.73. The van der Waals surface area contributed by atoms with E-state index in [1.165, 1.54) is 0 Å². The standard InChI is InChI=1S/C16H26N2O3/c1-5-13(17)9-12-7-8-14(20-4)15(10-12)21-11(3)16(19)18-6-2/h7-8,10-11,13H,5-6,9,17H2,1-4H3,(H,18,19). The van der Waals surface area contributed by atoms with Crippen LogP contribution in [0.25, 0.3) is 0 Å². The number of hydrogen-bond acceptors (Lipinski definition) is 4. The molecule has 1 amide bonds. The third-order valence-corrected chi connectivity index (χ3v) is 3.27. The first kappa shape index (κ1) is 17.3. The number of carbonyl (C=O) groups excluding carboxylic acids is 1. The van der Waals surface area contributed by atoms with Crippen molar-refractivity contribution in [2.45, 2.75) is 45.8 Å². The molecule has 0 radical (unpaired) electrons. The van der Waals surface area contributed by atoms with E-state index in [0.29, 0.717) is 18.0 Å². The molecule has 3 N–H and O–H groups in total. The van der Waals surface area contributed by atoms with Crippen LogP contribution in [0.3, 0.4) is 0 Å². The Morgan fingerprint density at radius 2 is 2.05 bits per heavy atom. The zero-order chi connectivity index (χ0) is 15.8. The van der Waals surface area contributed by atoms with E-state index in [2.05, 4.69) is 12.2 Å². The van der Waals surface area contributed by atoms with Gasteiger partial charge in [-0.2, -0.15) is 0 Å². The Morgan fingerprint density at radius 1 is 1.33 bits per heavy atom. The lowest BCUT2D eigenvalue weighted by molar-refractivity contribution is -0.127. The van der Waals surface area contributed by atoms with Gasteiger partial charge >= 0.3 is 0 Å². The molecule has 0 aliphatic carbocycles. The van der Waals surface area contributed by atoms with Gasteiger partial charge in [-0.3, -0.25) is 4.79 Å². The number of rotatable bonds is 8. The Bertz CT molecular complexity index is 463. The largest absolute Gasteiger partial charge is 0.493 e. The Kier molecular flexibility index (Phi) is 7.02. The molecule has 0 heterocycles. The molecule has 2 unspecified atom stereocenters. The molecule has 0 aromatic heterocycles. The number of hydrogen-bond donors (Lipinski definition) is 2. The number of methoxy groups -OCH3 is 1. The molecule has 1 aromatic carbocycles. The van der Waals surface area contributed by atoms with Gasteiger partial charge in [-0.1, -0.05) is 13.0 Å². The molecule has 1 aromatic rings. The van der Waals surface area contributed by atoms with Gasteiger partial charge in [0.2, 0.25) is 0 Å². The molecule has 0 bridgehead atoms. The van der Waals surface area contributed by atoms with Crippen LogP contribution in [0.4, 0.5) is 0 Å². The molecule has 0 aliphatic heterocycles. The molecule has 118 valence electrons. The molecule has 5 heteroatoms. The topological polar surface area (TPSA) is 73.6 Å². The van der Waals surface area contributed by atoms with Crippen molar-refractivity contribution in [2.24, 2.45) is 5.73 Å². The van der Waals surface area contributed by atoms with Gasteiger partial charge in [-0.05, 0) is 44.4 Å². The molecule has 0 saturated carbocycles. The predicted molar refractivity (Wildman–Crippen MR) is 83.7 cm³/mol. The molecule has 0 saturated heterocycles. The van der Waals surface area contributed by atoms with E-state index in [0.717, 1.165) is 18.4 Å². The van der Waals surface area contributed by atoms with E-state index in [1.807, 2.05) is 25.1 Å². The lowest BCUT2D eigenvalue weighted by Crippen LogP contribution is -2.36. The molecule has 5 nitrogen and oxygen atoms in total. The van der Waals surface area contributed by atoms with Gasteiger partial charge in [0.05, 0.1) is 7.11 Å². The summed E-state index contributed by atoms with van der Waals surface area (Å²) in [4.78, 5) is 11.8. The van der Waals surface area contributed by atoms with E-state index >= 15 is 0 Å². The highest BCUT2D eigenvalue weighted by Crippen LogP contribution is 2.29. The maximum Gasteiger partial charge on any atom is 0.260 e. The second-order valence-electron chi connectivity index (χ2n) is 5.01. The number of ether oxygens (including phenoxy) is 2. The first-order chi connectivity index (χ1) is 10.0. The SMILES string of the molecule is CCNC(=O)C(C)Oc1cc(CC(N)CC)ccc1OC. The van der Waals surface area contributed by atoms with Crippen molar-refractivity contribution in [3.05, 3.63) is 23.8 Å². The maximum atomic E-state index is 11.8. The number of nitrogens with one attached hydrogen (secondary N) is 1. The van der Waals surface area contributed by atoms with E-state index in [9.17, 15) is 4.79 Å². The minimum atomic E-state index is -0.575. The number of likely N-dealkylation sites (N-methyl/N-ethyl adjacent to an activating group) is 1. The molecule has 2 atom stereocenters. The van der Waals surface area contributed by atoms with E-state index in [4.69, 9.17) is 15.2 Å². The van der Waals surface area contributed by atoms with Crippen molar-refractivity contribution in [1.29, 1.82) is 0 Å². The summed E-state index contributed by atoms with van der Waals surface area (Å²) in [6, 6.07) is 5.83. The van der Waals surface area contributed by atoms with Crippen molar-refractivity contribution >= 4 is 5.91 Å². The minimum absolute atomic E-state index is 0.118. The monoisotopic (exact) mass is 294 g/mol. The Balaban J connectivity index is 2.87. The third-order valence-electron chi connectivity index (χ3n) is 3.27. The third kappa shape index (κ3) is 5.27. The number of carbonyl (C=O) groups is 1. The van der Waals surface area contributed by atoms with Crippen LogP contribution >= 0.6 is 0 Å². The summed E-state index contributed by atoms with van der Waals surface area (Å²) < 4.78 is 11.0. The molecular weight excluding hydrogens is 268 g/mol. The first-order valence-electron chi connectivity index (χ1n) is 7.38. The van der Waals surface area contributed by atoms with Crippen LogP contribution in [-0.4, -0.2) is 31.7 Å². The summed E-state index contributed by atoms with van der Waals surface area (Å²) in [7, 11) is 1.58. The van der Waals surface area contributed by atoms with Crippen LogP contribution < -0.4 is 20.5 Å². The predicted octanol–water partition coefficient (Wildman–Crippen LogP) is 1.88. The van der Waals surface area contributed by atoms with Crippen molar-refractivity contribution in [3.8, 4) is 11.5 Å². The molecule has 0 fully saturated rings. The van der Waals surface area contributed by atoms with Crippen LogP contribution in [0.15, 0.2) is 18.2 Å². The highest BCUT2D eigenvalue weighted by molar-refractivity contribution is 5.80. The van der Waals surface area contributed by atoms with Crippen molar-refractivity contribution in [3.63, 3.8) is 0 Å². The molecule has 1 rings (SSSR count). The number of nitrogens with two attached hydrogens (primary N) is 1. The fourth-order valence-corrected chi connectivity index (χ4v) is 1.95. The normalized spacial score (nSPS) is 13.4. The summed E-state index contributed by atoms with van der Waals surface area (Å²) in [5.41, 5.74) is 7.05. The van der Waals surface area contributed by atoms with Gasteiger partial charge < -0.3 is 20.5 Å². The molecule has 0 spiro atoms. The van der Waals surface area contributed by atoms with Crippen LogP contribution in [0.5, 0.6) is 11.5 Å². The second-order valence-corrected chi connectivity index (χ2v) is 5.01. The van der Waals surface area contributed by atoms with Gasteiger partial charge in [0.25, 0.3) is 5.91 Å². The second kappa shape index (κ2) is 8.52. The van der Waals surface area contributed by atoms with Gasteiger partial charge in [0, 0.05) is 12.6 Å². The lowest BCUT2D eigenvalue weighted by Gasteiger charge is -2.18. The summed E-state index contributed by atoms with van der Waals surface area (Å²) in [6.07, 6.45) is 1.11. The Morgan fingerprint density at radius 3 is 2.62 bits per heavy atom. The lowest BCUT2D eigenvalue weighted by atomic mass is 10.0. The highest BCUT2D eigenvalue weighted by Gasteiger charge is 2.16. The van der Waals surface area contributed by atoms with Crippen molar-refractivity contribution in [1.82, 2.24) is 5.32 Å². The highest BCUT2D eigenvalue weighted by atomic mass is 16.5. The van der Waals surface area contributed by atoms with Crippen LogP contribution in [-0.2, 0) is 11.2 Å². The smallest absolute Gasteiger partial charge is 0.260 e. The van der Waals surface area contributed by atoms with E-state index in [1.54, 1.807) is 14.0 Å². The van der Waals surface area contributed by atoms with E-state index in [-0.39, 0.29) is 11.9 Å². The summed E-state index contributed by atoms with van der Waals surface area (Å²) in [6.45, 7) is 6.23. The Labute approximate surface area is 126 Å². The minimum Gasteiger partial charge on any atom is -0.493 e. The van der Waals surface area contributed by atoms with Crippen molar-refractivity contribution in [2.75, 3.05) is 13.7 Å². The average Bonchev–Trinajstić information content (AvgIpc) is 2.47. The number of amides is 1. The van der Waals surface area contributed by atoms with E-state index < -0.39 is 6.10 Å². The van der Waals surface area contributed by atoms with Gasteiger partial charge in [0.1, 0.15) is 0 Å². The summed E-state index contributed by atoms with van der Waals surface area (Å²) in [5.74, 6) is 1.03. The van der Waals surface area contributed by atoms with Crippen LogP contribution in [0.1, 0.15) is 32.8 Å². The quantitative estimate of drug-likeness (QED) is 0.768. The zero-order valence-electron chi connectivity index (χ0n) is 13.3. The first-order valence-corrected chi connectivity index (χ1v) is 7.38. The average molecular weight is 294 g/mol. The molecule has 0 aliphatic rings. The van der Waals surface area contributed by atoms with Crippen LogP contribution in [0.2, 0.25) is 0 Å². The Hall–Kier alpha value is -1.75. The van der Waals surface area contributed by atoms with Crippen molar-refractivity contribution < 1.29 is 14.3 Å². The van der Waals surface area contributed by atoms with Gasteiger partial charge in [0.15, 0.2) is 17.6 Å².